The van der Waals surface area contributed by atoms with Crippen LogP contribution in [-0.4, -0.2) is 9.97 Å². The smallest absolute Gasteiger partial charge is 0.151 e. The molecule has 5 nitrogen and oxygen atoms in total. The summed E-state index contributed by atoms with van der Waals surface area (Å²) in [4.78, 5) is 7.79. The predicted molar refractivity (Wildman–Crippen MR) is 62.2 cm³/mol. The van der Waals surface area contributed by atoms with E-state index >= 15 is 0 Å². The topological polar surface area (TPSA) is 77.0 Å². The Morgan fingerprint density at radius 1 is 1.50 bits per heavy atom. The molecular weight excluding hydrogens is 228 g/mol. The third kappa shape index (κ3) is 2.09. The van der Waals surface area contributed by atoms with Gasteiger partial charge < -0.3 is 15.5 Å². The van der Waals surface area contributed by atoms with Crippen molar-refractivity contribution in [1.29, 1.82) is 0 Å². The Labute approximate surface area is 97.6 Å². The maximum Gasteiger partial charge on any atom is 0.151 e. The van der Waals surface area contributed by atoms with Gasteiger partial charge in [-0.15, -0.1) is 0 Å². The molecule has 6 heteroatoms. The van der Waals surface area contributed by atoms with Gasteiger partial charge in [-0.2, -0.15) is 0 Å². The van der Waals surface area contributed by atoms with E-state index in [1.807, 2.05) is 19.1 Å². The van der Waals surface area contributed by atoms with Crippen LogP contribution in [0.15, 0.2) is 29.1 Å². The number of hydrogen-bond acceptors (Lipinski definition) is 5. The van der Waals surface area contributed by atoms with Gasteiger partial charge in [-0.05, 0) is 19.1 Å². The molecule has 0 aliphatic carbocycles. The van der Waals surface area contributed by atoms with Crippen molar-refractivity contribution in [2.45, 2.75) is 13.0 Å². The van der Waals surface area contributed by atoms with Gasteiger partial charge in [0.1, 0.15) is 22.9 Å². The Kier molecular flexibility index (Phi) is 2.96. The molecule has 2 rings (SSSR count). The lowest BCUT2D eigenvalue weighted by Gasteiger charge is -2.13. The van der Waals surface area contributed by atoms with Crippen LogP contribution in [0.1, 0.15) is 18.7 Å². The van der Waals surface area contributed by atoms with Crippen LogP contribution >= 0.6 is 11.6 Å². The van der Waals surface area contributed by atoms with Gasteiger partial charge in [0.05, 0.1) is 12.3 Å². The molecule has 84 valence electrons. The van der Waals surface area contributed by atoms with Crippen LogP contribution in [0.25, 0.3) is 0 Å². The molecule has 0 aromatic carbocycles. The lowest BCUT2D eigenvalue weighted by molar-refractivity contribution is 0.490. The van der Waals surface area contributed by atoms with Gasteiger partial charge in [0.25, 0.3) is 0 Å². The van der Waals surface area contributed by atoms with Gasteiger partial charge in [0, 0.05) is 0 Å². The average molecular weight is 239 g/mol. The highest BCUT2D eigenvalue weighted by atomic mass is 35.5. The maximum absolute atomic E-state index is 5.96. The second-order valence-corrected chi connectivity index (χ2v) is 3.68. The molecule has 0 aliphatic heterocycles. The summed E-state index contributed by atoms with van der Waals surface area (Å²) < 4.78 is 5.26. The molecule has 0 saturated carbocycles. The van der Waals surface area contributed by atoms with Crippen LogP contribution in [0.5, 0.6) is 0 Å². The number of nitrogens with one attached hydrogen (secondary N) is 1. The van der Waals surface area contributed by atoms with Crippen LogP contribution < -0.4 is 11.1 Å². The third-order valence-electron chi connectivity index (χ3n) is 2.14. The minimum atomic E-state index is -0.0400. The average Bonchev–Trinajstić information content (AvgIpc) is 2.78. The Hall–Kier alpha value is -1.75. The number of anilines is 2. The second kappa shape index (κ2) is 4.40. The van der Waals surface area contributed by atoms with Gasteiger partial charge in [-0.25, -0.2) is 9.97 Å². The molecule has 0 spiro atoms. The number of halogens is 1. The van der Waals surface area contributed by atoms with Crippen molar-refractivity contribution in [2.24, 2.45) is 0 Å². The monoisotopic (exact) mass is 238 g/mol. The van der Waals surface area contributed by atoms with E-state index in [2.05, 4.69) is 15.3 Å². The van der Waals surface area contributed by atoms with Gasteiger partial charge in [-0.1, -0.05) is 11.6 Å². The van der Waals surface area contributed by atoms with Crippen molar-refractivity contribution in [3.63, 3.8) is 0 Å². The van der Waals surface area contributed by atoms with Crippen molar-refractivity contribution < 1.29 is 4.42 Å². The molecule has 1 unspecified atom stereocenters. The van der Waals surface area contributed by atoms with Crippen LogP contribution in [0.3, 0.4) is 0 Å². The fourth-order valence-electron chi connectivity index (χ4n) is 1.30. The molecule has 0 radical (unpaired) electrons. The van der Waals surface area contributed by atoms with E-state index in [1.54, 1.807) is 6.26 Å². The van der Waals surface area contributed by atoms with Gasteiger partial charge in [0.2, 0.25) is 0 Å². The van der Waals surface area contributed by atoms with Crippen LogP contribution in [0.4, 0.5) is 11.6 Å². The molecule has 2 heterocycles. The molecular formula is C10H11ClN4O. The first-order valence-electron chi connectivity index (χ1n) is 4.74. The van der Waals surface area contributed by atoms with E-state index < -0.39 is 0 Å². The van der Waals surface area contributed by atoms with Gasteiger partial charge in [-0.3, -0.25) is 0 Å². The number of aromatic nitrogens is 2. The number of nitrogen functional groups attached to an aromatic ring is 1. The Morgan fingerprint density at radius 2 is 2.31 bits per heavy atom. The zero-order valence-electron chi connectivity index (χ0n) is 8.64. The van der Waals surface area contributed by atoms with E-state index in [1.165, 1.54) is 6.33 Å². The summed E-state index contributed by atoms with van der Waals surface area (Å²) in [6.45, 7) is 1.94. The number of furan rings is 1. The lowest BCUT2D eigenvalue weighted by atomic mass is 10.2. The first kappa shape index (κ1) is 10.8. The fourth-order valence-corrected chi connectivity index (χ4v) is 1.45. The Bertz CT molecular complexity index is 472. The van der Waals surface area contributed by atoms with Crippen LogP contribution in [-0.2, 0) is 0 Å². The molecule has 0 amide bonds. The van der Waals surface area contributed by atoms with E-state index in [9.17, 15) is 0 Å². The number of nitrogens with two attached hydrogens (primary N) is 1. The number of nitrogens with zero attached hydrogens (tertiary/aromatic N) is 2. The molecule has 2 aromatic rings. The van der Waals surface area contributed by atoms with Crippen molar-refractivity contribution in [3.05, 3.63) is 35.5 Å². The fraction of sp³-hybridized carbons (Fsp3) is 0.200. The molecule has 0 saturated heterocycles. The molecule has 2 aromatic heterocycles. The third-order valence-corrected chi connectivity index (χ3v) is 2.51. The van der Waals surface area contributed by atoms with Crippen molar-refractivity contribution in [1.82, 2.24) is 9.97 Å². The Balaban J connectivity index is 2.18. The van der Waals surface area contributed by atoms with Crippen molar-refractivity contribution in [2.75, 3.05) is 11.1 Å². The Morgan fingerprint density at radius 3 is 3.00 bits per heavy atom. The zero-order valence-corrected chi connectivity index (χ0v) is 9.40. The van der Waals surface area contributed by atoms with Crippen LogP contribution in [0.2, 0.25) is 5.02 Å². The molecule has 16 heavy (non-hydrogen) atoms. The predicted octanol–water partition coefficient (Wildman–Crippen LogP) is 2.48. The minimum Gasteiger partial charge on any atom is -0.467 e. The molecule has 0 bridgehead atoms. The highest BCUT2D eigenvalue weighted by Crippen LogP contribution is 2.26. The van der Waals surface area contributed by atoms with Crippen molar-refractivity contribution in [3.8, 4) is 0 Å². The normalized spacial score (nSPS) is 12.4. The SMILES string of the molecule is CC(Nc1ncnc(N)c1Cl)c1ccco1. The summed E-state index contributed by atoms with van der Waals surface area (Å²) in [7, 11) is 0. The number of rotatable bonds is 3. The molecule has 0 fully saturated rings. The van der Waals surface area contributed by atoms with E-state index in [0.717, 1.165) is 5.76 Å². The summed E-state index contributed by atoms with van der Waals surface area (Å²) in [5.74, 6) is 1.55. The molecule has 3 N–H and O–H groups in total. The van der Waals surface area contributed by atoms with Crippen molar-refractivity contribution >= 4 is 23.2 Å². The van der Waals surface area contributed by atoms with Crippen LogP contribution in [0, 0.1) is 0 Å². The summed E-state index contributed by atoms with van der Waals surface area (Å²) in [6.07, 6.45) is 2.97. The zero-order chi connectivity index (χ0) is 11.5. The highest BCUT2D eigenvalue weighted by molar-refractivity contribution is 6.35. The minimum absolute atomic E-state index is 0.0400. The first-order chi connectivity index (χ1) is 7.68. The first-order valence-corrected chi connectivity index (χ1v) is 5.12. The summed E-state index contributed by atoms with van der Waals surface area (Å²) in [5, 5.41) is 3.42. The maximum atomic E-state index is 5.96. The van der Waals surface area contributed by atoms with Gasteiger partial charge in [0.15, 0.2) is 5.82 Å². The largest absolute Gasteiger partial charge is 0.467 e. The quantitative estimate of drug-likeness (QED) is 0.859. The van der Waals surface area contributed by atoms with E-state index in [4.69, 9.17) is 21.8 Å². The van der Waals surface area contributed by atoms with E-state index in [-0.39, 0.29) is 11.9 Å². The molecule has 1 atom stereocenters. The summed E-state index contributed by atoms with van der Waals surface area (Å²) in [5.41, 5.74) is 5.57. The van der Waals surface area contributed by atoms with E-state index in [0.29, 0.717) is 10.8 Å². The summed E-state index contributed by atoms with van der Waals surface area (Å²) in [6, 6.07) is 3.65. The number of hydrogen-bond donors (Lipinski definition) is 2. The second-order valence-electron chi connectivity index (χ2n) is 3.30. The lowest BCUT2D eigenvalue weighted by Crippen LogP contribution is -2.08. The highest BCUT2D eigenvalue weighted by Gasteiger charge is 2.12. The van der Waals surface area contributed by atoms with Gasteiger partial charge >= 0.3 is 0 Å². The standard InChI is InChI=1S/C10H11ClN4O/c1-6(7-3-2-4-16-7)15-10-8(11)9(12)13-5-14-10/h2-6H,1H3,(H3,12,13,14,15). The summed E-state index contributed by atoms with van der Waals surface area (Å²) >= 11 is 5.96. The molecule has 0 aliphatic rings.